The first-order chi connectivity index (χ1) is 21.1. The second kappa shape index (κ2) is 14.5. The van der Waals surface area contributed by atoms with Gasteiger partial charge in [-0.15, -0.1) is 0 Å². The number of aromatic nitrogens is 6. The van der Waals surface area contributed by atoms with Crippen molar-refractivity contribution < 1.29 is 16.8 Å². The molecule has 0 spiro atoms. The smallest absolute Gasteiger partial charge is 0.255 e. The summed E-state index contributed by atoms with van der Waals surface area (Å²) >= 11 is 0. The van der Waals surface area contributed by atoms with Crippen LogP contribution in [0.25, 0.3) is 45.6 Å². The maximum absolute atomic E-state index is 4.76. The predicted octanol–water partition coefficient (Wildman–Crippen LogP) is 9.00. The molecule has 6 heterocycles. The van der Waals surface area contributed by atoms with Gasteiger partial charge in [0, 0.05) is 24.8 Å². The number of pyridine rings is 6. The molecule has 6 aromatic heterocycles. The first kappa shape index (κ1) is 33.3. The van der Waals surface area contributed by atoms with E-state index in [0.717, 1.165) is 45.6 Å². The minimum Gasteiger partial charge on any atom is -0.255 e. The fourth-order valence-corrected chi connectivity index (χ4v) is 4.51. The van der Waals surface area contributed by atoms with Gasteiger partial charge in [-0.3, -0.25) is 19.9 Å². The molecule has 0 aliphatic rings. The van der Waals surface area contributed by atoms with Gasteiger partial charge in [0.05, 0.1) is 45.6 Å². The molecule has 0 aromatic carbocycles. The summed E-state index contributed by atoms with van der Waals surface area (Å²) in [6.45, 7) is 13.2. The van der Waals surface area contributed by atoms with Crippen LogP contribution in [0.2, 0.25) is 0 Å². The molecule has 0 saturated heterocycles. The summed E-state index contributed by atoms with van der Waals surface area (Å²) in [5.41, 5.74) is 9.58. The molecule has 0 atom stereocenters. The molecule has 6 rings (SSSR count). The van der Waals surface area contributed by atoms with Crippen molar-refractivity contribution in [1.29, 1.82) is 0 Å². The first-order valence-electron chi connectivity index (χ1n) is 14.8. The summed E-state index contributed by atoms with van der Waals surface area (Å²) in [6, 6.07) is 32.0. The van der Waals surface area contributed by atoms with Crippen molar-refractivity contribution >= 4 is 0 Å². The Labute approximate surface area is 276 Å². The van der Waals surface area contributed by atoms with Crippen LogP contribution in [0.4, 0.5) is 0 Å². The largest absolute Gasteiger partial charge is 2.00 e. The first-order valence-corrected chi connectivity index (χ1v) is 14.8. The SMILES string of the molecule is CC(C)(C)c1cc(-c2ccccn2)nc(-c2ccccn2)c1.CC(C)(C)c1cc(-c2ccccn2)nc(-c2ccccn2)c1.[Co+2]. The molecule has 0 N–H and O–H groups in total. The van der Waals surface area contributed by atoms with Crippen LogP contribution in [0.5, 0.6) is 0 Å². The number of rotatable bonds is 4. The van der Waals surface area contributed by atoms with E-state index in [1.165, 1.54) is 11.1 Å². The van der Waals surface area contributed by atoms with Gasteiger partial charge >= 0.3 is 16.8 Å². The number of hydrogen-bond donors (Lipinski definition) is 0. The van der Waals surface area contributed by atoms with E-state index in [9.17, 15) is 0 Å². The van der Waals surface area contributed by atoms with Gasteiger partial charge in [0.15, 0.2) is 0 Å². The van der Waals surface area contributed by atoms with E-state index in [1.54, 1.807) is 24.8 Å². The van der Waals surface area contributed by atoms with Crippen molar-refractivity contribution in [2.45, 2.75) is 52.4 Å². The maximum atomic E-state index is 4.76. The van der Waals surface area contributed by atoms with Gasteiger partial charge in [0.1, 0.15) is 0 Å². The molecule has 0 unspecified atom stereocenters. The van der Waals surface area contributed by atoms with Crippen LogP contribution in [-0.4, -0.2) is 29.9 Å². The van der Waals surface area contributed by atoms with Crippen molar-refractivity contribution in [3.8, 4) is 45.6 Å². The number of nitrogens with zero attached hydrogens (tertiary/aromatic N) is 6. The average molecular weight is 638 g/mol. The molecule has 0 saturated carbocycles. The molecule has 0 amide bonds. The third-order valence-electron chi connectivity index (χ3n) is 7.09. The van der Waals surface area contributed by atoms with Crippen LogP contribution in [0.1, 0.15) is 52.7 Å². The third kappa shape index (κ3) is 8.74. The molecule has 227 valence electrons. The zero-order chi connectivity index (χ0) is 31.2. The Balaban J connectivity index is 0.000000200. The zero-order valence-corrected chi connectivity index (χ0v) is 27.6. The Kier molecular flexibility index (Phi) is 10.7. The Morgan fingerprint density at radius 2 is 0.600 bits per heavy atom. The van der Waals surface area contributed by atoms with Gasteiger partial charge in [-0.05, 0) is 94.8 Å². The average Bonchev–Trinajstić information content (AvgIpc) is 3.05. The van der Waals surface area contributed by atoms with Gasteiger partial charge in [-0.2, -0.15) is 0 Å². The van der Waals surface area contributed by atoms with Crippen LogP contribution in [0, 0.1) is 0 Å². The Morgan fingerprint density at radius 1 is 0.356 bits per heavy atom. The molecular weight excluding hydrogens is 599 g/mol. The second-order valence-electron chi connectivity index (χ2n) is 12.6. The summed E-state index contributed by atoms with van der Waals surface area (Å²) < 4.78 is 0. The summed E-state index contributed by atoms with van der Waals surface area (Å²) in [4.78, 5) is 27.2. The van der Waals surface area contributed by atoms with Crippen LogP contribution < -0.4 is 0 Å². The third-order valence-corrected chi connectivity index (χ3v) is 7.09. The summed E-state index contributed by atoms with van der Waals surface area (Å²) in [5, 5.41) is 0. The Bertz CT molecular complexity index is 1550. The minimum atomic E-state index is 0. The maximum Gasteiger partial charge on any atom is 2.00 e. The van der Waals surface area contributed by atoms with E-state index < -0.39 is 0 Å². The quantitative estimate of drug-likeness (QED) is 0.192. The molecular formula is C38H38CoN6+2. The van der Waals surface area contributed by atoms with Gasteiger partial charge in [0.25, 0.3) is 0 Å². The summed E-state index contributed by atoms with van der Waals surface area (Å²) in [7, 11) is 0. The van der Waals surface area contributed by atoms with Crippen molar-refractivity contribution in [3.63, 3.8) is 0 Å². The van der Waals surface area contributed by atoms with Crippen molar-refractivity contribution in [2.24, 2.45) is 0 Å². The molecule has 0 bridgehead atoms. The van der Waals surface area contributed by atoms with Crippen LogP contribution in [-0.2, 0) is 27.6 Å². The van der Waals surface area contributed by atoms with Crippen molar-refractivity contribution in [1.82, 2.24) is 29.9 Å². The Hall–Kier alpha value is -4.59. The number of hydrogen-bond acceptors (Lipinski definition) is 6. The molecule has 45 heavy (non-hydrogen) atoms. The fraction of sp³-hybridized carbons (Fsp3) is 0.211. The molecule has 6 aromatic rings. The van der Waals surface area contributed by atoms with Crippen LogP contribution in [0.15, 0.2) is 122 Å². The van der Waals surface area contributed by atoms with E-state index in [4.69, 9.17) is 9.97 Å². The fourth-order valence-electron chi connectivity index (χ4n) is 4.51. The molecule has 0 aliphatic carbocycles. The van der Waals surface area contributed by atoms with Gasteiger partial charge in [-0.1, -0.05) is 65.8 Å². The van der Waals surface area contributed by atoms with E-state index in [2.05, 4.69) is 85.7 Å². The van der Waals surface area contributed by atoms with Gasteiger partial charge < -0.3 is 0 Å². The van der Waals surface area contributed by atoms with E-state index in [-0.39, 0.29) is 27.6 Å². The van der Waals surface area contributed by atoms with E-state index >= 15 is 0 Å². The Morgan fingerprint density at radius 3 is 0.778 bits per heavy atom. The molecule has 1 radical (unpaired) electrons. The van der Waals surface area contributed by atoms with Crippen molar-refractivity contribution in [3.05, 3.63) is 133 Å². The normalized spacial score (nSPS) is 11.2. The topological polar surface area (TPSA) is 77.3 Å². The minimum absolute atomic E-state index is 0. The van der Waals surface area contributed by atoms with Crippen LogP contribution >= 0.6 is 0 Å². The van der Waals surface area contributed by atoms with E-state index in [0.29, 0.717) is 0 Å². The summed E-state index contributed by atoms with van der Waals surface area (Å²) in [5.74, 6) is 0. The van der Waals surface area contributed by atoms with Gasteiger partial charge in [-0.25, -0.2) is 9.97 Å². The standard InChI is InChI=1S/2C19H19N3.Co/c2*1-19(2,3)14-12-17(15-8-4-6-10-20-15)22-18(13-14)16-9-5-7-11-21-16;/h2*4-13H,1-3H3;/q;;+2. The summed E-state index contributed by atoms with van der Waals surface area (Å²) in [6.07, 6.45) is 7.17. The molecule has 0 fully saturated rings. The predicted molar refractivity (Wildman–Crippen MR) is 179 cm³/mol. The zero-order valence-electron chi connectivity index (χ0n) is 26.6. The second-order valence-corrected chi connectivity index (χ2v) is 12.6. The molecule has 6 nitrogen and oxygen atoms in total. The monoisotopic (exact) mass is 637 g/mol. The van der Waals surface area contributed by atoms with Gasteiger partial charge in [0.2, 0.25) is 0 Å². The molecule has 7 heteroatoms. The van der Waals surface area contributed by atoms with Crippen molar-refractivity contribution in [2.75, 3.05) is 0 Å². The van der Waals surface area contributed by atoms with E-state index in [1.807, 2.05) is 72.8 Å². The molecule has 0 aliphatic heterocycles. The van der Waals surface area contributed by atoms with Crippen LogP contribution in [0.3, 0.4) is 0 Å².